The first-order chi connectivity index (χ1) is 9.25. The Morgan fingerprint density at radius 2 is 1.63 bits per heavy atom. The Bertz CT molecular complexity index is 746. The summed E-state index contributed by atoms with van der Waals surface area (Å²) in [6.07, 6.45) is 0. The molecule has 3 aromatic carbocycles. The summed E-state index contributed by atoms with van der Waals surface area (Å²) in [5, 5.41) is 11.2. The molecule has 0 saturated carbocycles. The van der Waals surface area contributed by atoms with E-state index in [2.05, 4.69) is 0 Å². The van der Waals surface area contributed by atoms with Crippen LogP contribution in [0.15, 0.2) is 66.7 Å². The summed E-state index contributed by atoms with van der Waals surface area (Å²) in [6.45, 7) is 0. The smallest absolute Gasteiger partial charge is 0.193 e. The van der Waals surface area contributed by atoms with Gasteiger partial charge in [-0.2, -0.15) is 0 Å². The van der Waals surface area contributed by atoms with Gasteiger partial charge in [-0.05, 0) is 29.0 Å². The van der Waals surface area contributed by atoms with E-state index in [4.69, 9.17) is 0 Å². The molecule has 0 heterocycles. The normalized spacial score (nSPS) is 10.5. The third-order valence-electron chi connectivity index (χ3n) is 3.14. The molecule has 19 heavy (non-hydrogen) atoms. The molecule has 3 rings (SSSR count). The number of phenolic OH excluding ortho intramolecular Hbond substituents is 1. The fourth-order valence-electron chi connectivity index (χ4n) is 2.21. The van der Waals surface area contributed by atoms with Gasteiger partial charge in [0.15, 0.2) is 5.78 Å². The zero-order valence-corrected chi connectivity index (χ0v) is 10.2. The second-order valence-corrected chi connectivity index (χ2v) is 4.41. The molecule has 92 valence electrons. The Morgan fingerprint density at radius 1 is 0.842 bits per heavy atom. The third kappa shape index (κ3) is 2.08. The number of benzene rings is 3. The van der Waals surface area contributed by atoms with Crippen LogP contribution >= 0.6 is 0 Å². The Kier molecular flexibility index (Phi) is 2.76. The van der Waals surface area contributed by atoms with Gasteiger partial charge >= 0.3 is 0 Å². The first-order valence-corrected chi connectivity index (χ1v) is 6.07. The van der Waals surface area contributed by atoms with Gasteiger partial charge in [-0.15, -0.1) is 0 Å². The maximum absolute atomic E-state index is 12.5. The topological polar surface area (TPSA) is 37.3 Å². The van der Waals surface area contributed by atoms with Crippen molar-refractivity contribution < 1.29 is 9.90 Å². The second-order valence-electron chi connectivity index (χ2n) is 4.41. The van der Waals surface area contributed by atoms with E-state index in [0.29, 0.717) is 11.1 Å². The number of rotatable bonds is 2. The van der Waals surface area contributed by atoms with Gasteiger partial charge in [0.2, 0.25) is 0 Å². The number of phenols is 1. The van der Waals surface area contributed by atoms with Crippen molar-refractivity contribution in [3.05, 3.63) is 77.9 Å². The number of hydrogen-bond donors (Lipinski definition) is 1. The molecule has 2 heteroatoms. The van der Waals surface area contributed by atoms with Crippen LogP contribution in [0.3, 0.4) is 0 Å². The molecule has 0 saturated heterocycles. The molecule has 2 nitrogen and oxygen atoms in total. The summed E-state index contributed by atoms with van der Waals surface area (Å²) < 4.78 is 0. The molecule has 0 radical (unpaired) electrons. The van der Waals surface area contributed by atoms with E-state index in [1.807, 2.05) is 48.5 Å². The first-order valence-electron chi connectivity index (χ1n) is 6.07. The van der Waals surface area contributed by atoms with Crippen molar-refractivity contribution in [3.8, 4) is 5.75 Å². The van der Waals surface area contributed by atoms with Crippen molar-refractivity contribution in [2.45, 2.75) is 0 Å². The van der Waals surface area contributed by atoms with Crippen LogP contribution in [0, 0.1) is 0 Å². The van der Waals surface area contributed by atoms with Gasteiger partial charge in [0.1, 0.15) is 5.75 Å². The van der Waals surface area contributed by atoms with E-state index in [0.717, 1.165) is 10.8 Å². The molecule has 0 aliphatic heterocycles. The zero-order chi connectivity index (χ0) is 13.2. The van der Waals surface area contributed by atoms with Crippen molar-refractivity contribution in [2.24, 2.45) is 0 Å². The highest BCUT2D eigenvalue weighted by atomic mass is 16.3. The summed E-state index contributed by atoms with van der Waals surface area (Å²) in [7, 11) is 0. The summed E-state index contributed by atoms with van der Waals surface area (Å²) in [5.41, 5.74) is 1.33. The van der Waals surface area contributed by atoms with Gasteiger partial charge in [0.05, 0.1) is 0 Å². The fourth-order valence-corrected chi connectivity index (χ4v) is 2.21. The van der Waals surface area contributed by atoms with Crippen molar-refractivity contribution in [3.63, 3.8) is 0 Å². The van der Waals surface area contributed by atoms with Gasteiger partial charge in [0, 0.05) is 11.1 Å². The lowest BCUT2D eigenvalue weighted by molar-refractivity contribution is 0.104. The third-order valence-corrected chi connectivity index (χ3v) is 3.14. The van der Waals surface area contributed by atoms with E-state index in [1.165, 1.54) is 0 Å². The van der Waals surface area contributed by atoms with Crippen LogP contribution in [-0.4, -0.2) is 10.9 Å². The van der Waals surface area contributed by atoms with Gasteiger partial charge in [-0.25, -0.2) is 0 Å². The van der Waals surface area contributed by atoms with Gasteiger partial charge in [-0.1, -0.05) is 48.5 Å². The maximum Gasteiger partial charge on any atom is 0.193 e. The summed E-state index contributed by atoms with van der Waals surface area (Å²) >= 11 is 0. The van der Waals surface area contributed by atoms with Crippen molar-refractivity contribution >= 4 is 16.6 Å². The molecule has 0 spiro atoms. The van der Waals surface area contributed by atoms with Crippen LogP contribution in [0.4, 0.5) is 0 Å². The number of hydrogen-bond acceptors (Lipinski definition) is 2. The van der Waals surface area contributed by atoms with Gasteiger partial charge in [0.25, 0.3) is 0 Å². The van der Waals surface area contributed by atoms with Crippen LogP contribution in [0.2, 0.25) is 0 Å². The van der Waals surface area contributed by atoms with Gasteiger partial charge in [-0.3, -0.25) is 4.79 Å². The molecule has 3 aromatic rings. The highest BCUT2D eigenvalue weighted by Crippen LogP contribution is 2.24. The standard InChI is InChI=1S/C17H12O2/c18-14-9-10-15-13(11-14)7-4-8-16(15)17(19)12-5-2-1-3-6-12/h1-11,18H. The lowest BCUT2D eigenvalue weighted by atomic mass is 9.97. The zero-order valence-electron chi connectivity index (χ0n) is 10.2. The Morgan fingerprint density at radius 3 is 2.42 bits per heavy atom. The number of carbonyl (C=O) groups excluding carboxylic acids is 1. The summed E-state index contributed by atoms with van der Waals surface area (Å²) in [4.78, 5) is 12.5. The predicted octanol–water partition coefficient (Wildman–Crippen LogP) is 3.78. The molecule has 0 unspecified atom stereocenters. The minimum atomic E-state index is -0.00288. The van der Waals surface area contributed by atoms with Crippen LogP contribution in [-0.2, 0) is 0 Å². The quantitative estimate of drug-likeness (QED) is 0.701. The van der Waals surface area contributed by atoms with E-state index in [-0.39, 0.29) is 11.5 Å². The SMILES string of the molecule is O=C(c1ccccc1)c1cccc2cc(O)ccc12. The second kappa shape index (κ2) is 4.58. The van der Waals surface area contributed by atoms with Crippen LogP contribution < -0.4 is 0 Å². The monoisotopic (exact) mass is 248 g/mol. The Hall–Kier alpha value is -2.61. The van der Waals surface area contributed by atoms with Gasteiger partial charge < -0.3 is 5.11 Å². The van der Waals surface area contributed by atoms with E-state index >= 15 is 0 Å². The molecule has 0 amide bonds. The lowest BCUT2D eigenvalue weighted by Crippen LogP contribution is -2.01. The van der Waals surface area contributed by atoms with Crippen LogP contribution in [0.5, 0.6) is 5.75 Å². The van der Waals surface area contributed by atoms with E-state index < -0.39 is 0 Å². The number of fused-ring (bicyclic) bond motifs is 1. The van der Waals surface area contributed by atoms with Crippen molar-refractivity contribution in [1.82, 2.24) is 0 Å². The summed E-state index contributed by atoms with van der Waals surface area (Å²) in [6, 6.07) is 19.8. The minimum Gasteiger partial charge on any atom is -0.508 e. The predicted molar refractivity (Wildman–Crippen MR) is 75.5 cm³/mol. The Labute approximate surface area is 110 Å². The van der Waals surface area contributed by atoms with Crippen LogP contribution in [0.25, 0.3) is 10.8 Å². The highest BCUT2D eigenvalue weighted by molar-refractivity contribution is 6.16. The molecule has 0 aromatic heterocycles. The molecule has 0 aliphatic rings. The molecule has 0 bridgehead atoms. The van der Waals surface area contributed by atoms with E-state index in [9.17, 15) is 9.90 Å². The first kappa shape index (κ1) is 11.5. The number of ketones is 1. The Balaban J connectivity index is 2.18. The van der Waals surface area contributed by atoms with Crippen LogP contribution in [0.1, 0.15) is 15.9 Å². The van der Waals surface area contributed by atoms with E-state index in [1.54, 1.807) is 18.2 Å². The average molecular weight is 248 g/mol. The molecular formula is C17H12O2. The highest BCUT2D eigenvalue weighted by Gasteiger charge is 2.11. The number of aromatic hydroxyl groups is 1. The molecule has 0 atom stereocenters. The molecule has 0 fully saturated rings. The lowest BCUT2D eigenvalue weighted by Gasteiger charge is -2.06. The average Bonchev–Trinajstić information content (AvgIpc) is 2.46. The number of carbonyl (C=O) groups is 1. The van der Waals surface area contributed by atoms with Crippen molar-refractivity contribution in [1.29, 1.82) is 0 Å². The molecule has 1 N–H and O–H groups in total. The summed E-state index contributed by atoms with van der Waals surface area (Å²) in [5.74, 6) is 0.202. The van der Waals surface area contributed by atoms with Crippen molar-refractivity contribution in [2.75, 3.05) is 0 Å². The largest absolute Gasteiger partial charge is 0.508 e. The maximum atomic E-state index is 12.5. The molecular weight excluding hydrogens is 236 g/mol. The minimum absolute atomic E-state index is 0.00288. The fraction of sp³-hybridized carbons (Fsp3) is 0. The molecule has 0 aliphatic carbocycles.